The number of esters is 1. The molecule has 2 aromatic carbocycles. The molecule has 1 saturated heterocycles. The van der Waals surface area contributed by atoms with Crippen molar-refractivity contribution in [3.8, 4) is 0 Å². The number of benzene rings is 2. The Morgan fingerprint density at radius 2 is 1.66 bits per heavy atom. The molecule has 182 valence electrons. The zero-order valence-electron chi connectivity index (χ0n) is 18.4. The number of rotatable bonds is 6. The van der Waals surface area contributed by atoms with Crippen molar-refractivity contribution < 1.29 is 24.2 Å². The van der Waals surface area contributed by atoms with Gasteiger partial charge >= 0.3 is 11.7 Å². The molecule has 1 fully saturated rings. The van der Waals surface area contributed by atoms with Gasteiger partial charge in [-0.1, -0.05) is 23.2 Å². The summed E-state index contributed by atoms with van der Waals surface area (Å²) in [6, 6.07) is 11.9. The first kappa shape index (κ1) is 24.9. The molecule has 3 aromatic rings. The third-order valence-corrected chi connectivity index (χ3v) is 6.25. The monoisotopic (exact) mass is 518 g/mol. The molecule has 0 amide bonds. The maximum Gasteiger partial charge on any atom is 0.338 e. The van der Waals surface area contributed by atoms with Gasteiger partial charge in [-0.05, 0) is 55.5 Å². The number of H-pyrrole nitrogens is 1. The Bertz CT molecular complexity index is 1380. The van der Waals surface area contributed by atoms with Crippen LogP contribution in [0.3, 0.4) is 0 Å². The van der Waals surface area contributed by atoms with Gasteiger partial charge in [0.1, 0.15) is 18.9 Å². The molecular formula is C24H20Cl2N2O7. The van der Waals surface area contributed by atoms with Crippen LogP contribution < -0.4 is 11.2 Å². The number of carbonyl (C=O) groups is 2. The highest BCUT2D eigenvalue weighted by Crippen LogP contribution is 2.39. The Labute approximate surface area is 208 Å². The second kappa shape index (κ2) is 9.79. The lowest BCUT2D eigenvalue weighted by Gasteiger charge is -2.26. The Hall–Kier alpha value is -3.24. The summed E-state index contributed by atoms with van der Waals surface area (Å²) in [5, 5.41) is 12.3. The smallest absolute Gasteiger partial charge is 0.338 e. The molecule has 3 atom stereocenters. The number of Topliss-reactive ketones (excluding diaryl/α,β-unsaturated/α-hetero) is 1. The molecule has 2 N–H and O–H groups in total. The number of nitrogens with one attached hydrogen (secondary N) is 1. The van der Waals surface area contributed by atoms with E-state index in [-0.39, 0.29) is 23.1 Å². The van der Waals surface area contributed by atoms with E-state index in [1.807, 2.05) is 0 Å². The Balaban J connectivity index is 1.64. The lowest BCUT2D eigenvalue weighted by molar-refractivity contribution is -0.0739. The molecule has 35 heavy (non-hydrogen) atoms. The summed E-state index contributed by atoms with van der Waals surface area (Å²) < 4.78 is 12.3. The fourth-order valence-electron chi connectivity index (χ4n) is 3.80. The van der Waals surface area contributed by atoms with Gasteiger partial charge in [-0.3, -0.25) is 19.1 Å². The molecule has 1 aliphatic heterocycles. The van der Waals surface area contributed by atoms with Crippen LogP contribution in [0.5, 0.6) is 0 Å². The van der Waals surface area contributed by atoms with Crippen LogP contribution in [0.15, 0.2) is 64.3 Å². The largest absolute Gasteiger partial charge is 0.459 e. The van der Waals surface area contributed by atoms with Crippen LogP contribution in [-0.2, 0) is 9.47 Å². The van der Waals surface area contributed by atoms with Gasteiger partial charge in [0.2, 0.25) is 0 Å². The summed E-state index contributed by atoms with van der Waals surface area (Å²) in [5.74, 6) is -1.41. The molecule has 0 aliphatic carbocycles. The van der Waals surface area contributed by atoms with Crippen LogP contribution in [0.25, 0.3) is 0 Å². The Morgan fingerprint density at radius 1 is 1.09 bits per heavy atom. The van der Waals surface area contributed by atoms with Gasteiger partial charge in [0.05, 0.1) is 5.56 Å². The number of aliphatic hydroxyl groups is 1. The molecule has 1 aromatic heterocycles. The molecule has 2 heterocycles. The van der Waals surface area contributed by atoms with Crippen molar-refractivity contribution in [2.45, 2.75) is 31.3 Å². The average Bonchev–Trinajstić information content (AvgIpc) is 3.17. The van der Waals surface area contributed by atoms with Crippen LogP contribution in [0.2, 0.25) is 10.0 Å². The van der Waals surface area contributed by atoms with Gasteiger partial charge in [-0.2, -0.15) is 0 Å². The number of aryl methyl sites for hydroxylation is 1. The molecule has 4 rings (SSSR count). The molecule has 0 radical (unpaired) electrons. The molecule has 0 spiro atoms. The normalized spacial score (nSPS) is 21.6. The highest BCUT2D eigenvalue weighted by molar-refractivity contribution is 6.31. The summed E-state index contributed by atoms with van der Waals surface area (Å²) in [6.45, 7) is 1.02. The molecular weight excluding hydrogens is 499 g/mol. The van der Waals surface area contributed by atoms with Crippen LogP contribution in [0.1, 0.15) is 38.9 Å². The van der Waals surface area contributed by atoms with Gasteiger partial charge in [-0.25, -0.2) is 9.59 Å². The molecule has 0 bridgehead atoms. The number of aromatic nitrogens is 2. The topological polar surface area (TPSA) is 128 Å². The van der Waals surface area contributed by atoms with Crippen molar-refractivity contribution in [1.82, 2.24) is 9.55 Å². The average molecular weight is 519 g/mol. The zero-order chi connectivity index (χ0) is 25.3. The minimum atomic E-state index is -2.15. The summed E-state index contributed by atoms with van der Waals surface area (Å²) in [5.41, 5.74) is -2.89. The maximum atomic E-state index is 13.4. The Kier molecular flexibility index (Phi) is 6.95. The number of hydrogen-bond donors (Lipinski definition) is 2. The summed E-state index contributed by atoms with van der Waals surface area (Å²) in [4.78, 5) is 52.2. The summed E-state index contributed by atoms with van der Waals surface area (Å²) in [6.07, 6.45) is -1.48. The highest BCUT2D eigenvalue weighted by atomic mass is 35.5. The first-order chi connectivity index (χ1) is 16.6. The minimum Gasteiger partial charge on any atom is -0.459 e. The Morgan fingerprint density at radius 3 is 2.26 bits per heavy atom. The minimum absolute atomic E-state index is 0.153. The van der Waals surface area contributed by atoms with Crippen molar-refractivity contribution >= 4 is 35.0 Å². The van der Waals surface area contributed by atoms with E-state index in [4.69, 9.17) is 32.7 Å². The van der Waals surface area contributed by atoms with Gasteiger partial charge in [0, 0.05) is 33.8 Å². The van der Waals surface area contributed by atoms with Gasteiger partial charge in [0.15, 0.2) is 11.4 Å². The van der Waals surface area contributed by atoms with E-state index >= 15 is 0 Å². The highest BCUT2D eigenvalue weighted by Gasteiger charge is 2.54. The third-order valence-electron chi connectivity index (χ3n) is 5.74. The van der Waals surface area contributed by atoms with Crippen LogP contribution in [0, 0.1) is 6.92 Å². The predicted octanol–water partition coefficient (Wildman–Crippen LogP) is 2.91. The quantitative estimate of drug-likeness (QED) is 0.379. The van der Waals surface area contributed by atoms with E-state index in [1.165, 1.54) is 61.7 Å². The molecule has 1 aliphatic rings. The summed E-state index contributed by atoms with van der Waals surface area (Å²) >= 11 is 11.8. The SMILES string of the molecule is Cc1cn([C@H]2C[C@@](O)(C(=O)c3ccc(Cl)cc3)[C@@H](COC(=O)c3ccc(Cl)cc3)O2)c(=O)[nH]c1=O. The van der Waals surface area contributed by atoms with Crippen LogP contribution in [0.4, 0.5) is 0 Å². The summed E-state index contributed by atoms with van der Waals surface area (Å²) in [7, 11) is 0. The number of nitrogens with zero attached hydrogens (tertiary/aromatic N) is 1. The first-order valence-corrected chi connectivity index (χ1v) is 11.3. The molecule has 9 nitrogen and oxygen atoms in total. The van der Waals surface area contributed by atoms with Crippen LogP contribution >= 0.6 is 23.2 Å². The number of aromatic amines is 1. The number of hydrogen-bond acceptors (Lipinski definition) is 7. The van der Waals surface area contributed by atoms with Crippen molar-refractivity contribution in [2.75, 3.05) is 6.61 Å². The number of halogens is 2. The fourth-order valence-corrected chi connectivity index (χ4v) is 4.05. The van der Waals surface area contributed by atoms with Crippen LogP contribution in [-0.4, -0.2) is 44.7 Å². The van der Waals surface area contributed by atoms with E-state index in [2.05, 4.69) is 4.98 Å². The molecule has 0 saturated carbocycles. The van der Waals surface area contributed by atoms with Crippen molar-refractivity contribution in [3.05, 3.63) is 102 Å². The lowest BCUT2D eigenvalue weighted by atomic mass is 9.86. The standard InChI is InChI=1S/C24H20Cl2N2O7/c1-13-11-28(23(32)27-21(13)30)19-10-24(33,20(29)14-2-6-16(25)7-3-14)18(35-19)12-34-22(31)15-4-8-17(26)9-5-15/h2-9,11,18-19,33H,10,12H2,1H3,(H,27,30,32)/t18-,19-,24+/m1/s1. The second-order valence-corrected chi connectivity index (χ2v) is 9.00. The number of ether oxygens (including phenoxy) is 2. The first-order valence-electron chi connectivity index (χ1n) is 10.5. The lowest BCUT2D eigenvalue weighted by Crippen LogP contribution is -2.48. The van der Waals surface area contributed by atoms with Gasteiger partial charge < -0.3 is 14.6 Å². The third kappa shape index (κ3) is 5.08. The van der Waals surface area contributed by atoms with Gasteiger partial charge in [-0.15, -0.1) is 0 Å². The second-order valence-electron chi connectivity index (χ2n) is 8.13. The molecule has 0 unspecified atom stereocenters. The number of carbonyl (C=O) groups excluding carboxylic acids is 2. The van der Waals surface area contributed by atoms with Gasteiger partial charge in [0.25, 0.3) is 5.56 Å². The number of ketones is 1. The van der Waals surface area contributed by atoms with E-state index in [0.29, 0.717) is 10.0 Å². The van der Waals surface area contributed by atoms with Crippen molar-refractivity contribution in [1.29, 1.82) is 0 Å². The fraction of sp³-hybridized carbons (Fsp3) is 0.250. The molecule has 11 heteroatoms. The predicted molar refractivity (Wildman–Crippen MR) is 127 cm³/mol. The zero-order valence-corrected chi connectivity index (χ0v) is 19.9. The van der Waals surface area contributed by atoms with E-state index in [1.54, 1.807) is 0 Å². The maximum absolute atomic E-state index is 13.4. The van der Waals surface area contributed by atoms with Crippen molar-refractivity contribution in [2.24, 2.45) is 0 Å². The van der Waals surface area contributed by atoms with E-state index in [0.717, 1.165) is 4.57 Å². The van der Waals surface area contributed by atoms with E-state index in [9.17, 15) is 24.3 Å². The van der Waals surface area contributed by atoms with E-state index < -0.39 is 47.5 Å². The van der Waals surface area contributed by atoms with Crippen molar-refractivity contribution in [3.63, 3.8) is 0 Å².